The molecule has 0 amide bonds. The van der Waals surface area contributed by atoms with Crippen LogP contribution >= 0.6 is 11.3 Å². The molecule has 7 nitrogen and oxygen atoms in total. The molecule has 2 heterocycles. The maximum Gasteiger partial charge on any atom is 0.307 e. The predicted molar refractivity (Wildman–Crippen MR) is 80.7 cm³/mol. The Balaban J connectivity index is 2.13. The molecule has 0 saturated heterocycles. The summed E-state index contributed by atoms with van der Waals surface area (Å²) < 4.78 is 36.5. The van der Waals surface area contributed by atoms with Crippen LogP contribution < -0.4 is 4.72 Å². The van der Waals surface area contributed by atoms with Gasteiger partial charge in [-0.25, -0.2) is 13.1 Å². The third-order valence-corrected chi connectivity index (χ3v) is 5.11. The number of nitrogens with zero attached hydrogens (tertiary/aromatic N) is 1. The van der Waals surface area contributed by atoms with Crippen molar-refractivity contribution in [3.8, 4) is 0 Å². The van der Waals surface area contributed by atoms with Crippen LogP contribution in [-0.4, -0.2) is 26.7 Å². The van der Waals surface area contributed by atoms with Gasteiger partial charge in [0.25, 0.3) is 0 Å². The van der Waals surface area contributed by atoms with Gasteiger partial charge in [-0.15, -0.1) is 11.3 Å². The summed E-state index contributed by atoms with van der Waals surface area (Å²) in [5, 5.41) is 5.47. The second-order valence-electron chi connectivity index (χ2n) is 4.66. The molecule has 0 fully saturated rings. The summed E-state index contributed by atoms with van der Waals surface area (Å²) >= 11 is 1.36. The zero-order chi connectivity index (χ0) is 16.2. The molecule has 2 rings (SSSR count). The molecule has 0 aliphatic heterocycles. The number of rotatable bonds is 7. The van der Waals surface area contributed by atoms with E-state index >= 15 is 0 Å². The number of hydrogen-bond donors (Lipinski definition) is 1. The van der Waals surface area contributed by atoms with E-state index in [0.29, 0.717) is 5.69 Å². The van der Waals surface area contributed by atoms with Crippen LogP contribution in [0.2, 0.25) is 0 Å². The summed E-state index contributed by atoms with van der Waals surface area (Å²) in [6.45, 7) is 1.71. The van der Waals surface area contributed by atoms with Gasteiger partial charge >= 0.3 is 5.97 Å². The number of esters is 1. The van der Waals surface area contributed by atoms with Crippen LogP contribution in [0.5, 0.6) is 0 Å². The normalized spacial score (nSPS) is 13.0. The SMILES string of the molecule is COC(=O)C[C@@H](NS(=O)(=O)Cc1cc(C)no1)c1cccs1. The van der Waals surface area contributed by atoms with E-state index in [-0.39, 0.29) is 17.9 Å². The lowest BCUT2D eigenvalue weighted by Crippen LogP contribution is -2.31. The van der Waals surface area contributed by atoms with Crippen LogP contribution in [0.25, 0.3) is 0 Å². The molecule has 0 aliphatic carbocycles. The van der Waals surface area contributed by atoms with Crippen LogP contribution in [0.15, 0.2) is 28.1 Å². The maximum atomic E-state index is 12.2. The average molecular weight is 344 g/mol. The van der Waals surface area contributed by atoms with E-state index in [2.05, 4.69) is 14.6 Å². The fourth-order valence-electron chi connectivity index (χ4n) is 1.87. The van der Waals surface area contributed by atoms with Crippen LogP contribution in [0.1, 0.15) is 28.8 Å². The number of carbonyl (C=O) groups is 1. The first-order valence-electron chi connectivity index (χ1n) is 6.42. The van der Waals surface area contributed by atoms with Crippen molar-refractivity contribution in [3.63, 3.8) is 0 Å². The molecule has 0 aromatic carbocycles. The molecule has 0 saturated carbocycles. The number of hydrogen-bond acceptors (Lipinski definition) is 7. The number of ether oxygens (including phenoxy) is 1. The summed E-state index contributed by atoms with van der Waals surface area (Å²) in [5.74, 6) is -0.582. The van der Waals surface area contributed by atoms with Gasteiger partial charge in [-0.1, -0.05) is 11.2 Å². The van der Waals surface area contributed by atoms with E-state index in [1.807, 2.05) is 5.38 Å². The lowest BCUT2D eigenvalue weighted by atomic mass is 10.2. The number of carbonyl (C=O) groups excluding carboxylic acids is 1. The highest BCUT2D eigenvalue weighted by Crippen LogP contribution is 2.24. The monoisotopic (exact) mass is 344 g/mol. The summed E-state index contributed by atoms with van der Waals surface area (Å²) in [5.41, 5.74) is 0.606. The quantitative estimate of drug-likeness (QED) is 0.769. The minimum absolute atomic E-state index is 0.0777. The van der Waals surface area contributed by atoms with Crippen molar-refractivity contribution in [2.45, 2.75) is 25.1 Å². The Morgan fingerprint density at radius 2 is 2.32 bits per heavy atom. The highest BCUT2D eigenvalue weighted by Gasteiger charge is 2.24. The first-order valence-corrected chi connectivity index (χ1v) is 8.95. The van der Waals surface area contributed by atoms with Crippen molar-refractivity contribution in [2.24, 2.45) is 0 Å². The molecule has 0 spiro atoms. The minimum Gasteiger partial charge on any atom is -0.469 e. The third-order valence-electron chi connectivity index (χ3n) is 2.82. The molecule has 22 heavy (non-hydrogen) atoms. The van der Waals surface area contributed by atoms with Gasteiger partial charge in [-0.05, 0) is 18.4 Å². The van der Waals surface area contributed by atoms with Gasteiger partial charge in [0, 0.05) is 10.9 Å². The van der Waals surface area contributed by atoms with Gasteiger partial charge in [0.1, 0.15) is 5.75 Å². The van der Waals surface area contributed by atoms with Crippen molar-refractivity contribution >= 4 is 27.3 Å². The fraction of sp³-hybridized carbons (Fsp3) is 0.385. The van der Waals surface area contributed by atoms with E-state index < -0.39 is 22.0 Å². The highest BCUT2D eigenvalue weighted by molar-refractivity contribution is 7.88. The van der Waals surface area contributed by atoms with Crippen molar-refractivity contribution in [3.05, 3.63) is 39.9 Å². The second kappa shape index (κ2) is 7.03. The Bertz CT molecular complexity index is 721. The van der Waals surface area contributed by atoms with Gasteiger partial charge in [0.2, 0.25) is 10.0 Å². The van der Waals surface area contributed by atoms with Gasteiger partial charge < -0.3 is 9.26 Å². The topological polar surface area (TPSA) is 98.5 Å². The molecular formula is C13H16N2O5S2. The van der Waals surface area contributed by atoms with Crippen molar-refractivity contribution in [2.75, 3.05) is 7.11 Å². The fourth-order valence-corrected chi connectivity index (χ4v) is 3.96. The molecule has 0 unspecified atom stereocenters. The molecular weight excluding hydrogens is 328 g/mol. The first kappa shape index (κ1) is 16.7. The van der Waals surface area contributed by atoms with Gasteiger partial charge in [-0.3, -0.25) is 4.79 Å². The van der Waals surface area contributed by atoms with Crippen LogP contribution in [-0.2, 0) is 25.3 Å². The van der Waals surface area contributed by atoms with Crippen molar-refractivity contribution < 1.29 is 22.5 Å². The lowest BCUT2D eigenvalue weighted by Gasteiger charge is -2.16. The maximum absolute atomic E-state index is 12.2. The van der Waals surface area contributed by atoms with Gasteiger partial charge in [0.15, 0.2) is 5.76 Å². The molecule has 9 heteroatoms. The molecule has 0 aliphatic rings. The molecule has 0 bridgehead atoms. The summed E-state index contributed by atoms with van der Waals surface area (Å²) in [6.07, 6.45) is -0.0777. The Morgan fingerprint density at radius 1 is 1.55 bits per heavy atom. The van der Waals surface area contributed by atoms with Crippen LogP contribution in [0.3, 0.4) is 0 Å². The van der Waals surface area contributed by atoms with Gasteiger partial charge in [-0.2, -0.15) is 0 Å². The zero-order valence-electron chi connectivity index (χ0n) is 12.1. The third kappa shape index (κ3) is 4.65. The number of nitrogens with one attached hydrogen (secondary N) is 1. The van der Waals surface area contributed by atoms with E-state index in [4.69, 9.17) is 4.52 Å². The van der Waals surface area contributed by atoms with Crippen LogP contribution in [0.4, 0.5) is 0 Å². The Kier molecular flexibility index (Phi) is 5.33. The average Bonchev–Trinajstić information content (AvgIpc) is 3.09. The molecule has 1 atom stereocenters. The number of sulfonamides is 1. The molecule has 1 N–H and O–H groups in total. The van der Waals surface area contributed by atoms with Crippen molar-refractivity contribution in [1.29, 1.82) is 0 Å². The lowest BCUT2D eigenvalue weighted by molar-refractivity contribution is -0.141. The molecule has 2 aromatic heterocycles. The first-order chi connectivity index (χ1) is 10.4. The second-order valence-corrected chi connectivity index (χ2v) is 7.39. The zero-order valence-corrected chi connectivity index (χ0v) is 13.7. The van der Waals surface area contributed by atoms with E-state index in [1.54, 1.807) is 25.1 Å². The largest absolute Gasteiger partial charge is 0.469 e. The molecule has 120 valence electrons. The van der Waals surface area contributed by atoms with Crippen LogP contribution in [0, 0.1) is 6.92 Å². The Hall–Kier alpha value is -1.71. The number of aryl methyl sites for hydroxylation is 1. The smallest absolute Gasteiger partial charge is 0.307 e. The van der Waals surface area contributed by atoms with E-state index in [9.17, 15) is 13.2 Å². The molecule has 2 aromatic rings. The number of thiophene rings is 1. The number of aromatic nitrogens is 1. The summed E-state index contributed by atoms with van der Waals surface area (Å²) in [7, 11) is -2.42. The minimum atomic E-state index is -3.69. The van der Waals surface area contributed by atoms with Gasteiger partial charge in [0.05, 0.1) is 25.3 Å². The Labute approximate surface area is 132 Å². The summed E-state index contributed by atoms with van der Waals surface area (Å²) in [6, 6.07) is 4.44. The molecule has 0 radical (unpaired) electrons. The van der Waals surface area contributed by atoms with Crippen molar-refractivity contribution in [1.82, 2.24) is 9.88 Å². The summed E-state index contributed by atoms with van der Waals surface area (Å²) in [4.78, 5) is 12.2. The highest BCUT2D eigenvalue weighted by atomic mass is 32.2. The standard InChI is InChI=1S/C13H16N2O5S2/c1-9-6-10(20-14-9)8-22(17,18)15-11(7-13(16)19-2)12-4-3-5-21-12/h3-6,11,15H,7-8H2,1-2H3/t11-/m1/s1. The predicted octanol–water partition coefficient (Wildman–Crippen LogP) is 1.77. The van der Waals surface area contributed by atoms with E-state index in [1.165, 1.54) is 18.4 Å². The van der Waals surface area contributed by atoms with E-state index in [0.717, 1.165) is 4.88 Å². The number of methoxy groups -OCH3 is 1. The Morgan fingerprint density at radius 3 is 2.86 bits per heavy atom.